The van der Waals surface area contributed by atoms with E-state index >= 15 is 0 Å². The molecular formula is C14H17F3N2O2. The monoisotopic (exact) mass is 302 g/mol. The molecule has 1 N–H and O–H groups in total. The molecule has 1 fully saturated rings. The van der Waals surface area contributed by atoms with E-state index in [2.05, 4.69) is 10.1 Å². The molecule has 1 heterocycles. The lowest BCUT2D eigenvalue weighted by Gasteiger charge is -2.49. The fourth-order valence-electron chi connectivity index (χ4n) is 2.34. The van der Waals surface area contributed by atoms with E-state index in [0.29, 0.717) is 5.69 Å². The molecule has 0 bridgehead atoms. The van der Waals surface area contributed by atoms with Crippen molar-refractivity contribution in [3.05, 3.63) is 29.8 Å². The highest BCUT2D eigenvalue weighted by Gasteiger charge is 2.62. The third-order valence-electron chi connectivity index (χ3n) is 3.53. The molecule has 1 aliphatic heterocycles. The molecule has 1 saturated heterocycles. The number of hydrogen-bond acceptors (Lipinski definition) is 3. The maximum Gasteiger partial charge on any atom is 0.419 e. The Hall–Kier alpha value is -1.60. The van der Waals surface area contributed by atoms with Crippen LogP contribution in [0.2, 0.25) is 0 Å². The lowest BCUT2D eigenvalue weighted by molar-refractivity contribution is -0.309. The van der Waals surface area contributed by atoms with Gasteiger partial charge in [0.25, 0.3) is 0 Å². The average molecular weight is 302 g/mol. The van der Waals surface area contributed by atoms with Gasteiger partial charge >= 0.3 is 6.18 Å². The first kappa shape index (κ1) is 15.8. The number of benzene rings is 1. The third-order valence-corrected chi connectivity index (χ3v) is 3.53. The van der Waals surface area contributed by atoms with Crippen LogP contribution in [0.4, 0.5) is 18.9 Å². The number of rotatable bonds is 4. The van der Waals surface area contributed by atoms with Gasteiger partial charge in [-0.2, -0.15) is 13.2 Å². The van der Waals surface area contributed by atoms with Gasteiger partial charge in [-0.05, 0) is 24.6 Å². The summed E-state index contributed by atoms with van der Waals surface area (Å²) in [6.45, 7) is 1.15. The van der Waals surface area contributed by atoms with E-state index in [1.165, 1.54) is 4.90 Å². The van der Waals surface area contributed by atoms with E-state index in [0.717, 1.165) is 12.7 Å². The van der Waals surface area contributed by atoms with Crippen molar-refractivity contribution >= 4 is 11.6 Å². The Kier molecular flexibility index (Phi) is 4.25. The second-order valence-electron chi connectivity index (χ2n) is 5.26. The van der Waals surface area contributed by atoms with Crippen LogP contribution in [-0.4, -0.2) is 49.3 Å². The number of anilines is 1. The van der Waals surface area contributed by atoms with Crippen molar-refractivity contribution < 1.29 is 22.7 Å². The van der Waals surface area contributed by atoms with Crippen LogP contribution >= 0.6 is 0 Å². The summed E-state index contributed by atoms with van der Waals surface area (Å²) in [6, 6.07) is 7.22. The number of amides is 1. The molecule has 1 amide bonds. The van der Waals surface area contributed by atoms with Crippen molar-refractivity contribution in [2.45, 2.75) is 18.7 Å². The van der Waals surface area contributed by atoms with Gasteiger partial charge in [-0.15, -0.1) is 0 Å². The van der Waals surface area contributed by atoms with E-state index < -0.39 is 11.8 Å². The van der Waals surface area contributed by atoms with Crippen molar-refractivity contribution in [3.63, 3.8) is 0 Å². The molecule has 1 aromatic rings. The van der Waals surface area contributed by atoms with Gasteiger partial charge in [0.1, 0.15) is 0 Å². The number of alkyl halides is 3. The Labute approximate surface area is 120 Å². The van der Waals surface area contributed by atoms with Crippen molar-refractivity contribution in [1.29, 1.82) is 0 Å². The highest BCUT2D eigenvalue weighted by atomic mass is 19.4. The van der Waals surface area contributed by atoms with Crippen LogP contribution in [0.1, 0.15) is 5.56 Å². The number of carbonyl (C=O) groups is 1. The fraction of sp³-hybridized carbons (Fsp3) is 0.500. The van der Waals surface area contributed by atoms with Gasteiger partial charge in [0.2, 0.25) is 5.91 Å². The Balaban J connectivity index is 1.86. The summed E-state index contributed by atoms with van der Waals surface area (Å²) in [5, 5.41) is 2.66. The summed E-state index contributed by atoms with van der Waals surface area (Å²) in [4.78, 5) is 13.2. The molecule has 0 radical (unpaired) electrons. The SMILES string of the molecule is COC1(C(F)(F)F)CN(CC(=O)Nc2cccc(C)c2)C1. The molecule has 0 aromatic heterocycles. The number of aryl methyl sites for hydroxylation is 1. The van der Waals surface area contributed by atoms with Gasteiger partial charge in [0.15, 0.2) is 5.60 Å². The number of hydrogen-bond donors (Lipinski definition) is 1. The predicted octanol–water partition coefficient (Wildman–Crippen LogP) is 2.20. The van der Waals surface area contributed by atoms with Crippen molar-refractivity contribution in [2.24, 2.45) is 0 Å². The van der Waals surface area contributed by atoms with Crippen LogP contribution in [0, 0.1) is 6.92 Å². The second kappa shape index (κ2) is 5.65. The Morgan fingerprint density at radius 1 is 1.43 bits per heavy atom. The van der Waals surface area contributed by atoms with Gasteiger partial charge in [-0.3, -0.25) is 9.69 Å². The Bertz CT molecular complexity index is 525. The molecule has 0 aliphatic carbocycles. The molecule has 0 unspecified atom stereocenters. The lowest BCUT2D eigenvalue weighted by Crippen LogP contribution is -2.70. The number of carbonyl (C=O) groups excluding carboxylic acids is 1. The minimum atomic E-state index is -4.43. The summed E-state index contributed by atoms with van der Waals surface area (Å²) in [7, 11) is 1.04. The summed E-state index contributed by atoms with van der Waals surface area (Å²) in [6.07, 6.45) is -4.43. The van der Waals surface area contributed by atoms with Crippen molar-refractivity contribution in [2.75, 3.05) is 32.1 Å². The van der Waals surface area contributed by atoms with E-state index in [1.54, 1.807) is 18.2 Å². The lowest BCUT2D eigenvalue weighted by atomic mass is 9.93. The summed E-state index contributed by atoms with van der Waals surface area (Å²) < 4.78 is 43.0. The number of halogens is 3. The van der Waals surface area contributed by atoms with Crippen LogP contribution in [0.15, 0.2) is 24.3 Å². The molecule has 4 nitrogen and oxygen atoms in total. The minimum absolute atomic E-state index is 0.0882. The van der Waals surface area contributed by atoms with Crippen LogP contribution in [-0.2, 0) is 9.53 Å². The number of nitrogens with one attached hydrogen (secondary N) is 1. The fourth-order valence-corrected chi connectivity index (χ4v) is 2.34. The van der Waals surface area contributed by atoms with Gasteiger partial charge < -0.3 is 10.1 Å². The van der Waals surface area contributed by atoms with Crippen molar-refractivity contribution in [3.8, 4) is 0 Å². The zero-order chi connectivity index (χ0) is 15.7. The molecule has 0 saturated carbocycles. The summed E-state index contributed by atoms with van der Waals surface area (Å²) in [5.74, 6) is -0.340. The molecule has 0 spiro atoms. The highest BCUT2D eigenvalue weighted by Crippen LogP contribution is 2.40. The topological polar surface area (TPSA) is 41.6 Å². The third kappa shape index (κ3) is 3.36. The molecule has 1 aromatic carbocycles. The Morgan fingerprint density at radius 2 is 2.10 bits per heavy atom. The minimum Gasteiger partial charge on any atom is -0.366 e. The van der Waals surface area contributed by atoms with Gasteiger partial charge in [0.05, 0.1) is 6.54 Å². The summed E-state index contributed by atoms with van der Waals surface area (Å²) in [5.41, 5.74) is -0.516. The smallest absolute Gasteiger partial charge is 0.366 e. The van der Waals surface area contributed by atoms with Crippen LogP contribution in [0.3, 0.4) is 0 Å². The number of likely N-dealkylation sites (tertiary alicyclic amines) is 1. The van der Waals surface area contributed by atoms with E-state index in [1.807, 2.05) is 13.0 Å². The van der Waals surface area contributed by atoms with E-state index in [4.69, 9.17) is 0 Å². The predicted molar refractivity (Wildman–Crippen MR) is 72.0 cm³/mol. The second-order valence-corrected chi connectivity index (χ2v) is 5.26. The van der Waals surface area contributed by atoms with Crippen LogP contribution < -0.4 is 5.32 Å². The van der Waals surface area contributed by atoms with Gasteiger partial charge in [-0.1, -0.05) is 12.1 Å². The first-order valence-electron chi connectivity index (χ1n) is 6.46. The number of nitrogens with zero attached hydrogens (tertiary/aromatic N) is 1. The van der Waals surface area contributed by atoms with Crippen molar-refractivity contribution in [1.82, 2.24) is 4.90 Å². The quantitative estimate of drug-likeness (QED) is 0.927. The maximum atomic E-state index is 12.8. The zero-order valence-electron chi connectivity index (χ0n) is 11.8. The normalized spacial score (nSPS) is 18.1. The molecule has 0 atom stereocenters. The molecule has 21 heavy (non-hydrogen) atoms. The molecule has 116 valence electrons. The highest BCUT2D eigenvalue weighted by molar-refractivity contribution is 5.92. The van der Waals surface area contributed by atoms with E-state index in [-0.39, 0.29) is 25.5 Å². The first-order chi connectivity index (χ1) is 9.75. The van der Waals surface area contributed by atoms with Crippen LogP contribution in [0.25, 0.3) is 0 Å². The molecule has 7 heteroatoms. The number of ether oxygens (including phenoxy) is 1. The maximum absolute atomic E-state index is 12.8. The zero-order valence-corrected chi connectivity index (χ0v) is 11.8. The van der Waals surface area contributed by atoms with Gasteiger partial charge in [0, 0.05) is 25.9 Å². The molecule has 2 rings (SSSR count). The van der Waals surface area contributed by atoms with Gasteiger partial charge in [-0.25, -0.2) is 0 Å². The Morgan fingerprint density at radius 3 is 2.62 bits per heavy atom. The molecule has 1 aliphatic rings. The standard InChI is InChI=1S/C14H17F3N2O2/c1-10-4-3-5-11(6-10)18-12(20)7-19-8-13(9-19,21-2)14(15,16)17/h3-6H,7-9H2,1-2H3,(H,18,20). The largest absolute Gasteiger partial charge is 0.419 e. The van der Waals surface area contributed by atoms with E-state index in [9.17, 15) is 18.0 Å². The average Bonchev–Trinajstić information content (AvgIpc) is 2.31. The number of methoxy groups -OCH3 is 1. The first-order valence-corrected chi connectivity index (χ1v) is 6.46. The summed E-state index contributed by atoms with van der Waals surface area (Å²) >= 11 is 0. The van der Waals surface area contributed by atoms with Crippen LogP contribution in [0.5, 0.6) is 0 Å². The molecular weight excluding hydrogens is 285 g/mol.